The van der Waals surface area contributed by atoms with Crippen LogP contribution in [0.5, 0.6) is 5.75 Å². The number of phenolic OH excluding ortho intramolecular Hbond substituents is 1. The van der Waals surface area contributed by atoms with Crippen LogP contribution >= 0.6 is 23.2 Å². The molecule has 17 heavy (non-hydrogen) atoms. The number of hydrogen-bond donors (Lipinski definition) is 1. The summed E-state index contributed by atoms with van der Waals surface area (Å²) in [6, 6.07) is 3.30. The predicted octanol–water partition coefficient (Wildman–Crippen LogP) is 4.32. The summed E-state index contributed by atoms with van der Waals surface area (Å²) in [5.41, 5.74) is 0.827. The standard InChI is InChI=1S/C13H19Cl2NO/c1-5-13(2,3)16(4)8-9-6-10(14)7-11(15)12(9)17/h6-7,17H,5,8H2,1-4H3. The maximum absolute atomic E-state index is 9.89. The van der Waals surface area contributed by atoms with Crippen molar-refractivity contribution in [2.45, 2.75) is 39.3 Å². The predicted molar refractivity (Wildman–Crippen MR) is 74.0 cm³/mol. The second-order valence-corrected chi connectivity index (χ2v) is 5.76. The molecule has 0 saturated heterocycles. The van der Waals surface area contributed by atoms with Crippen LogP contribution in [-0.2, 0) is 6.54 Å². The van der Waals surface area contributed by atoms with Gasteiger partial charge in [0.15, 0.2) is 0 Å². The van der Waals surface area contributed by atoms with Gasteiger partial charge >= 0.3 is 0 Å². The van der Waals surface area contributed by atoms with Crippen molar-refractivity contribution in [3.63, 3.8) is 0 Å². The van der Waals surface area contributed by atoms with E-state index in [1.165, 1.54) is 0 Å². The molecule has 0 amide bonds. The molecule has 0 aliphatic heterocycles. The Morgan fingerprint density at radius 3 is 2.41 bits per heavy atom. The molecule has 0 saturated carbocycles. The molecule has 0 fully saturated rings. The third-order valence-corrected chi connectivity index (χ3v) is 3.92. The fourth-order valence-electron chi connectivity index (χ4n) is 1.48. The second-order valence-electron chi connectivity index (χ2n) is 4.92. The highest BCUT2D eigenvalue weighted by Crippen LogP contribution is 2.33. The van der Waals surface area contributed by atoms with E-state index >= 15 is 0 Å². The van der Waals surface area contributed by atoms with Crippen molar-refractivity contribution in [3.05, 3.63) is 27.7 Å². The normalized spacial score (nSPS) is 12.2. The summed E-state index contributed by atoms with van der Waals surface area (Å²) >= 11 is 11.8. The first-order chi connectivity index (χ1) is 7.77. The number of hydrogen-bond acceptors (Lipinski definition) is 2. The van der Waals surface area contributed by atoms with Crippen molar-refractivity contribution in [1.29, 1.82) is 0 Å². The van der Waals surface area contributed by atoms with Crippen LogP contribution in [0.15, 0.2) is 12.1 Å². The molecule has 0 aromatic heterocycles. The van der Waals surface area contributed by atoms with Crippen LogP contribution < -0.4 is 0 Å². The van der Waals surface area contributed by atoms with Crippen molar-refractivity contribution in [3.8, 4) is 5.75 Å². The van der Waals surface area contributed by atoms with Crippen LogP contribution in [0.25, 0.3) is 0 Å². The fourth-order valence-corrected chi connectivity index (χ4v) is 2.01. The van der Waals surface area contributed by atoms with Gasteiger partial charge in [-0.3, -0.25) is 4.90 Å². The van der Waals surface area contributed by atoms with Crippen LogP contribution in [0.3, 0.4) is 0 Å². The molecule has 96 valence electrons. The van der Waals surface area contributed by atoms with E-state index in [2.05, 4.69) is 25.7 Å². The summed E-state index contributed by atoms with van der Waals surface area (Å²) in [6.45, 7) is 7.08. The highest BCUT2D eigenvalue weighted by Gasteiger charge is 2.22. The molecular weight excluding hydrogens is 257 g/mol. The molecule has 0 radical (unpaired) electrons. The molecular formula is C13H19Cl2NO. The number of halogens is 2. The lowest BCUT2D eigenvalue weighted by Gasteiger charge is -2.35. The largest absolute Gasteiger partial charge is 0.506 e. The third-order valence-electron chi connectivity index (χ3n) is 3.41. The van der Waals surface area contributed by atoms with Crippen LogP contribution in [0.1, 0.15) is 32.8 Å². The Balaban J connectivity index is 2.96. The first-order valence-corrected chi connectivity index (χ1v) is 6.41. The summed E-state index contributed by atoms with van der Waals surface area (Å²) in [7, 11) is 2.03. The number of benzene rings is 1. The molecule has 0 unspecified atom stereocenters. The molecule has 0 atom stereocenters. The lowest BCUT2D eigenvalue weighted by molar-refractivity contribution is 0.142. The molecule has 0 aliphatic rings. The number of nitrogens with zero attached hydrogens (tertiary/aromatic N) is 1. The van der Waals surface area contributed by atoms with Gasteiger partial charge in [-0.15, -0.1) is 0 Å². The Hall–Kier alpha value is -0.440. The van der Waals surface area contributed by atoms with Crippen molar-refractivity contribution in [1.82, 2.24) is 4.90 Å². The van der Waals surface area contributed by atoms with E-state index in [0.29, 0.717) is 16.6 Å². The fraction of sp³-hybridized carbons (Fsp3) is 0.538. The summed E-state index contributed by atoms with van der Waals surface area (Å²) in [6.07, 6.45) is 1.03. The first kappa shape index (κ1) is 14.6. The Morgan fingerprint density at radius 1 is 1.29 bits per heavy atom. The van der Waals surface area contributed by atoms with Crippen molar-refractivity contribution < 1.29 is 5.11 Å². The maximum atomic E-state index is 9.89. The summed E-state index contributed by atoms with van der Waals surface area (Å²) in [4.78, 5) is 2.18. The lowest BCUT2D eigenvalue weighted by Crippen LogP contribution is -2.39. The van der Waals surface area contributed by atoms with Crippen LogP contribution in [0, 0.1) is 0 Å². The monoisotopic (exact) mass is 275 g/mol. The van der Waals surface area contributed by atoms with Gasteiger partial charge in [0.05, 0.1) is 5.02 Å². The van der Waals surface area contributed by atoms with E-state index in [4.69, 9.17) is 23.2 Å². The van der Waals surface area contributed by atoms with Crippen LogP contribution in [0.2, 0.25) is 10.0 Å². The molecule has 4 heteroatoms. The molecule has 0 bridgehead atoms. The summed E-state index contributed by atoms with van der Waals surface area (Å²) in [5.74, 6) is 0.120. The smallest absolute Gasteiger partial charge is 0.138 e. The van der Waals surface area contributed by atoms with E-state index in [1.807, 2.05) is 7.05 Å². The Bertz CT molecular complexity index is 405. The van der Waals surface area contributed by atoms with Gasteiger partial charge in [-0.1, -0.05) is 30.1 Å². The van der Waals surface area contributed by atoms with Gasteiger partial charge in [0.2, 0.25) is 0 Å². The minimum atomic E-state index is 0.0707. The highest BCUT2D eigenvalue weighted by molar-refractivity contribution is 6.35. The summed E-state index contributed by atoms with van der Waals surface area (Å²) in [5, 5.41) is 10.7. The zero-order valence-electron chi connectivity index (χ0n) is 10.7. The molecule has 0 heterocycles. The molecule has 2 nitrogen and oxygen atoms in total. The molecule has 0 spiro atoms. The van der Waals surface area contributed by atoms with E-state index in [1.54, 1.807) is 12.1 Å². The highest BCUT2D eigenvalue weighted by atomic mass is 35.5. The molecule has 1 aromatic carbocycles. The van der Waals surface area contributed by atoms with Gasteiger partial charge in [0.25, 0.3) is 0 Å². The molecule has 1 rings (SSSR count). The third kappa shape index (κ3) is 3.51. The Morgan fingerprint density at radius 2 is 1.88 bits per heavy atom. The zero-order chi connectivity index (χ0) is 13.2. The summed E-state index contributed by atoms with van der Waals surface area (Å²) < 4.78 is 0. The lowest BCUT2D eigenvalue weighted by atomic mass is 9.99. The van der Waals surface area contributed by atoms with Crippen molar-refractivity contribution in [2.75, 3.05) is 7.05 Å². The van der Waals surface area contributed by atoms with Gasteiger partial charge < -0.3 is 5.11 Å². The minimum Gasteiger partial charge on any atom is -0.506 e. The number of phenols is 1. The number of aromatic hydroxyl groups is 1. The van der Waals surface area contributed by atoms with Gasteiger partial charge in [-0.2, -0.15) is 0 Å². The quantitative estimate of drug-likeness (QED) is 0.885. The minimum absolute atomic E-state index is 0.0707. The van der Waals surface area contributed by atoms with Crippen LogP contribution in [0.4, 0.5) is 0 Å². The Kier molecular flexibility index (Phi) is 4.70. The van der Waals surface area contributed by atoms with Crippen molar-refractivity contribution in [2.24, 2.45) is 0 Å². The second kappa shape index (κ2) is 5.47. The number of rotatable bonds is 4. The zero-order valence-corrected chi connectivity index (χ0v) is 12.2. The average Bonchev–Trinajstić information content (AvgIpc) is 2.25. The molecule has 1 aromatic rings. The topological polar surface area (TPSA) is 23.5 Å². The molecule has 0 aliphatic carbocycles. The van der Waals surface area contributed by atoms with Crippen molar-refractivity contribution >= 4 is 23.2 Å². The van der Waals surface area contributed by atoms with E-state index in [0.717, 1.165) is 12.0 Å². The van der Waals surface area contributed by atoms with Crippen LogP contribution in [-0.4, -0.2) is 22.6 Å². The SMILES string of the molecule is CCC(C)(C)N(C)Cc1cc(Cl)cc(Cl)c1O. The Labute approximate surface area is 113 Å². The maximum Gasteiger partial charge on any atom is 0.138 e. The molecule has 1 N–H and O–H groups in total. The van der Waals surface area contributed by atoms with E-state index in [-0.39, 0.29) is 11.3 Å². The van der Waals surface area contributed by atoms with Gasteiger partial charge in [-0.25, -0.2) is 0 Å². The first-order valence-electron chi connectivity index (χ1n) is 5.66. The van der Waals surface area contributed by atoms with Gasteiger partial charge in [-0.05, 0) is 39.4 Å². The average molecular weight is 276 g/mol. The van der Waals surface area contributed by atoms with E-state index < -0.39 is 0 Å². The van der Waals surface area contributed by atoms with Gasteiger partial charge in [0.1, 0.15) is 5.75 Å². The van der Waals surface area contributed by atoms with Gasteiger partial charge in [0, 0.05) is 22.7 Å². The van der Waals surface area contributed by atoms with E-state index in [9.17, 15) is 5.11 Å².